The zero-order chi connectivity index (χ0) is 21.5. The molecule has 5 atom stereocenters. The normalized spacial score (nSPS) is 28.1. The van der Waals surface area contributed by atoms with E-state index in [0.29, 0.717) is 29.5 Å². The van der Waals surface area contributed by atoms with Crippen molar-refractivity contribution in [2.45, 2.75) is 31.5 Å². The predicted octanol–water partition coefficient (Wildman–Crippen LogP) is 2.84. The maximum atomic E-state index is 13.7. The van der Waals surface area contributed by atoms with Gasteiger partial charge in [-0.3, -0.25) is 5.01 Å². The molecule has 0 spiro atoms. The first-order chi connectivity index (χ1) is 15.0. The molecule has 160 valence electrons. The van der Waals surface area contributed by atoms with Crippen molar-refractivity contribution in [3.05, 3.63) is 53.5 Å². The summed E-state index contributed by atoms with van der Waals surface area (Å²) in [6, 6.07) is 6.83. The molecule has 0 bridgehead atoms. The van der Waals surface area contributed by atoms with Gasteiger partial charge in [-0.15, -0.1) is 0 Å². The Balaban J connectivity index is 1.26. The molecule has 1 aliphatic carbocycles. The van der Waals surface area contributed by atoms with Crippen LogP contribution in [0.25, 0.3) is 0 Å². The van der Waals surface area contributed by atoms with Gasteiger partial charge in [-0.25, -0.2) is 18.7 Å². The van der Waals surface area contributed by atoms with Crippen molar-refractivity contribution in [1.29, 1.82) is 5.26 Å². The fraction of sp³-hybridized carbons (Fsp3) is 0.455. The van der Waals surface area contributed by atoms with Crippen molar-refractivity contribution in [1.82, 2.24) is 15.0 Å². The van der Waals surface area contributed by atoms with Crippen molar-refractivity contribution in [3.63, 3.8) is 0 Å². The molecule has 3 heterocycles. The Labute approximate surface area is 178 Å². The van der Waals surface area contributed by atoms with Crippen LogP contribution in [0.1, 0.15) is 36.6 Å². The molecular formula is C22H22F2N6O. The molecule has 31 heavy (non-hydrogen) atoms. The number of hydrogen-bond acceptors (Lipinski definition) is 7. The summed E-state index contributed by atoms with van der Waals surface area (Å²) in [5, 5.41) is 26.1. The van der Waals surface area contributed by atoms with Gasteiger partial charge in [0.1, 0.15) is 41.8 Å². The lowest BCUT2D eigenvalue weighted by Gasteiger charge is -2.33. The van der Waals surface area contributed by atoms with Crippen LogP contribution in [-0.4, -0.2) is 45.6 Å². The first kappa shape index (κ1) is 19.8. The molecule has 1 aromatic carbocycles. The van der Waals surface area contributed by atoms with Crippen molar-refractivity contribution in [2.75, 3.05) is 18.0 Å². The molecule has 2 aromatic rings. The Bertz CT molecular complexity index is 1020. The Morgan fingerprint density at radius 2 is 1.77 bits per heavy atom. The van der Waals surface area contributed by atoms with Gasteiger partial charge in [0.15, 0.2) is 0 Å². The van der Waals surface area contributed by atoms with Gasteiger partial charge in [0, 0.05) is 43.8 Å². The minimum absolute atomic E-state index is 0.0355. The third-order valence-corrected chi connectivity index (χ3v) is 6.70. The van der Waals surface area contributed by atoms with Crippen LogP contribution in [0, 0.1) is 40.7 Å². The van der Waals surface area contributed by atoms with Crippen LogP contribution in [0.2, 0.25) is 0 Å². The monoisotopic (exact) mass is 424 g/mol. The Morgan fingerprint density at radius 3 is 2.45 bits per heavy atom. The van der Waals surface area contributed by atoms with E-state index in [-0.39, 0.29) is 12.0 Å². The van der Waals surface area contributed by atoms with Crippen LogP contribution in [-0.2, 0) is 0 Å². The quantitative estimate of drug-likeness (QED) is 0.812. The van der Waals surface area contributed by atoms with Gasteiger partial charge in [-0.2, -0.15) is 10.4 Å². The van der Waals surface area contributed by atoms with Gasteiger partial charge in [0.05, 0.1) is 6.04 Å². The van der Waals surface area contributed by atoms with Crippen LogP contribution in [0.4, 0.5) is 14.6 Å². The van der Waals surface area contributed by atoms with Gasteiger partial charge in [-0.1, -0.05) is 0 Å². The molecule has 2 aliphatic heterocycles. The second-order valence-electron chi connectivity index (χ2n) is 8.58. The van der Waals surface area contributed by atoms with Gasteiger partial charge < -0.3 is 10.0 Å². The summed E-state index contributed by atoms with van der Waals surface area (Å²) >= 11 is 0. The molecule has 3 aliphatic rings. The maximum absolute atomic E-state index is 13.7. The van der Waals surface area contributed by atoms with E-state index in [1.54, 1.807) is 17.3 Å². The summed E-state index contributed by atoms with van der Waals surface area (Å²) in [5.41, 5.74) is 0.831. The Morgan fingerprint density at radius 1 is 1.06 bits per heavy atom. The van der Waals surface area contributed by atoms with Gasteiger partial charge >= 0.3 is 0 Å². The summed E-state index contributed by atoms with van der Waals surface area (Å²) in [6.07, 6.45) is 4.48. The van der Waals surface area contributed by atoms with Crippen LogP contribution in [0.3, 0.4) is 0 Å². The molecule has 1 N–H and O–H groups in total. The van der Waals surface area contributed by atoms with E-state index in [1.165, 1.54) is 18.5 Å². The molecular weight excluding hydrogens is 402 g/mol. The van der Waals surface area contributed by atoms with Crippen LogP contribution < -0.4 is 4.90 Å². The smallest absolute Gasteiger partial charge is 0.146 e. The number of aliphatic hydroxyl groups is 1. The van der Waals surface area contributed by atoms with Crippen molar-refractivity contribution in [3.8, 4) is 6.07 Å². The number of nitriles is 1. The minimum Gasteiger partial charge on any atom is -0.372 e. The zero-order valence-corrected chi connectivity index (χ0v) is 16.8. The molecule has 7 nitrogen and oxygen atoms in total. The largest absolute Gasteiger partial charge is 0.372 e. The number of hydrazone groups is 1. The lowest BCUT2D eigenvalue weighted by Crippen LogP contribution is -2.37. The molecule has 1 unspecified atom stereocenters. The highest BCUT2D eigenvalue weighted by molar-refractivity contribution is 5.60. The third kappa shape index (κ3) is 3.72. The first-order valence-electron chi connectivity index (χ1n) is 10.4. The molecule has 2 fully saturated rings. The molecule has 1 saturated carbocycles. The average molecular weight is 424 g/mol. The number of rotatable bonds is 4. The highest BCUT2D eigenvalue weighted by Crippen LogP contribution is 2.45. The van der Waals surface area contributed by atoms with E-state index in [0.717, 1.165) is 37.8 Å². The average Bonchev–Trinajstić information content (AvgIpc) is 3.47. The minimum atomic E-state index is -0.807. The zero-order valence-electron chi connectivity index (χ0n) is 16.8. The van der Waals surface area contributed by atoms with Gasteiger partial charge in [0.2, 0.25) is 0 Å². The van der Waals surface area contributed by atoms with Crippen molar-refractivity contribution < 1.29 is 13.9 Å². The second-order valence-corrected chi connectivity index (χ2v) is 8.58. The standard InChI is InChI=1S/C22H22F2N6O/c23-17-5-13(6-18(24)7-17)20-1-2-28-30(20)22(31)14-3-15-10-29(11-16(15)4-14)21-8-19(9-25)26-12-27-21/h2,5-8,12,14-16,20,22,31H,1,3-4,10-11H2/t14-,15-,16+,20-,22?/m0/s1. The summed E-state index contributed by atoms with van der Waals surface area (Å²) in [4.78, 5) is 10.4. The van der Waals surface area contributed by atoms with E-state index in [9.17, 15) is 13.9 Å². The van der Waals surface area contributed by atoms with Gasteiger partial charge in [-0.05, 0) is 42.4 Å². The van der Waals surface area contributed by atoms with E-state index in [1.807, 2.05) is 6.07 Å². The van der Waals surface area contributed by atoms with E-state index >= 15 is 0 Å². The molecule has 0 radical (unpaired) electrons. The summed E-state index contributed by atoms with van der Waals surface area (Å²) < 4.78 is 27.4. The van der Waals surface area contributed by atoms with Crippen molar-refractivity contribution in [2.24, 2.45) is 22.9 Å². The summed E-state index contributed by atoms with van der Waals surface area (Å²) in [6.45, 7) is 1.63. The molecule has 1 saturated heterocycles. The fourth-order valence-corrected chi connectivity index (χ4v) is 5.31. The number of fused-ring (bicyclic) bond motifs is 1. The lowest BCUT2D eigenvalue weighted by atomic mass is 9.99. The predicted molar refractivity (Wildman–Crippen MR) is 109 cm³/mol. The Hall–Kier alpha value is -3.12. The van der Waals surface area contributed by atoms with Gasteiger partial charge in [0.25, 0.3) is 0 Å². The third-order valence-electron chi connectivity index (χ3n) is 6.70. The summed E-state index contributed by atoms with van der Waals surface area (Å²) in [5.74, 6) is 0.365. The Kier molecular flexibility index (Phi) is 5.02. The molecule has 9 heteroatoms. The number of halogens is 2. The second kappa shape index (κ2) is 7.85. The van der Waals surface area contributed by atoms with Crippen LogP contribution >= 0.6 is 0 Å². The van der Waals surface area contributed by atoms with E-state index in [2.05, 4.69) is 20.0 Å². The number of hydrogen-bond donors (Lipinski definition) is 1. The number of nitrogens with zero attached hydrogens (tertiary/aromatic N) is 6. The molecule has 1 aromatic heterocycles. The van der Waals surface area contributed by atoms with Crippen LogP contribution in [0.15, 0.2) is 35.7 Å². The van der Waals surface area contributed by atoms with E-state index in [4.69, 9.17) is 5.26 Å². The van der Waals surface area contributed by atoms with Crippen LogP contribution in [0.5, 0.6) is 0 Å². The summed E-state index contributed by atoms with van der Waals surface area (Å²) in [7, 11) is 0. The lowest BCUT2D eigenvalue weighted by molar-refractivity contribution is -0.0565. The van der Waals surface area contributed by atoms with E-state index < -0.39 is 17.9 Å². The first-order valence-corrected chi connectivity index (χ1v) is 10.4. The fourth-order valence-electron chi connectivity index (χ4n) is 5.31. The molecule has 0 amide bonds. The number of anilines is 1. The van der Waals surface area contributed by atoms with Crippen molar-refractivity contribution >= 4 is 12.0 Å². The topological polar surface area (TPSA) is 88.6 Å². The number of aliphatic hydroxyl groups excluding tert-OH is 1. The highest BCUT2D eigenvalue weighted by Gasteiger charge is 2.46. The highest BCUT2D eigenvalue weighted by atomic mass is 19.1. The SMILES string of the molecule is N#Cc1cc(N2C[C@H]3C[C@@H](C(O)N4N=CC[C@H]4c4cc(F)cc(F)c4)C[C@H]3C2)ncn1. The number of benzene rings is 1. The maximum Gasteiger partial charge on any atom is 0.146 e. The molecule has 5 rings (SSSR count). The number of aromatic nitrogens is 2.